The van der Waals surface area contributed by atoms with E-state index in [0.29, 0.717) is 0 Å². The highest BCUT2D eigenvalue weighted by molar-refractivity contribution is 5.76. The number of H-pyrrole nitrogens is 1. The molecule has 0 aliphatic carbocycles. The van der Waals surface area contributed by atoms with E-state index in [-0.39, 0.29) is 5.54 Å². The van der Waals surface area contributed by atoms with Gasteiger partial charge in [0.2, 0.25) is 0 Å². The van der Waals surface area contributed by atoms with Gasteiger partial charge in [-0.3, -0.25) is 0 Å². The highest BCUT2D eigenvalue weighted by Crippen LogP contribution is 2.25. The lowest BCUT2D eigenvalue weighted by molar-refractivity contribution is 0.387. The molecule has 2 aromatic heterocycles. The molecule has 0 bridgehead atoms. The van der Waals surface area contributed by atoms with Gasteiger partial charge in [0.1, 0.15) is 5.75 Å². The van der Waals surface area contributed by atoms with Crippen LogP contribution in [0.15, 0.2) is 41.4 Å². The maximum atomic E-state index is 5.67. The number of rotatable bonds is 2. The Hall–Kier alpha value is -3.01. The molecule has 3 aromatic rings. The van der Waals surface area contributed by atoms with Crippen LogP contribution in [0.2, 0.25) is 0 Å². The van der Waals surface area contributed by atoms with Crippen LogP contribution in [-0.2, 0) is 5.54 Å². The fourth-order valence-corrected chi connectivity index (χ4v) is 4.05. The van der Waals surface area contributed by atoms with Crippen LogP contribution >= 0.6 is 0 Å². The van der Waals surface area contributed by atoms with Gasteiger partial charge in [0.05, 0.1) is 28.9 Å². The lowest BCUT2D eigenvalue weighted by Crippen LogP contribution is -2.25. The predicted octanol–water partition coefficient (Wildman–Crippen LogP) is 2.25. The zero-order valence-electron chi connectivity index (χ0n) is 17.4. The zero-order valence-corrected chi connectivity index (χ0v) is 17.4. The first-order valence-corrected chi connectivity index (χ1v) is 9.62. The van der Waals surface area contributed by atoms with E-state index in [1.807, 2.05) is 24.3 Å². The van der Waals surface area contributed by atoms with Gasteiger partial charge in [-0.25, -0.2) is 4.99 Å². The number of ether oxygens (including phenoxy) is 1. The fourth-order valence-electron chi connectivity index (χ4n) is 4.05. The summed E-state index contributed by atoms with van der Waals surface area (Å²) < 4.78 is 8.04. The largest absolute Gasteiger partial charge is 0.494 e. The summed E-state index contributed by atoms with van der Waals surface area (Å²) in [6, 6.07) is 12.4. The van der Waals surface area contributed by atoms with Gasteiger partial charge in [-0.1, -0.05) is 18.2 Å². The van der Waals surface area contributed by atoms with Crippen LogP contribution in [0.4, 0.5) is 0 Å². The Bertz CT molecular complexity index is 1260. The van der Waals surface area contributed by atoms with Crippen LogP contribution in [0, 0.1) is 13.8 Å². The summed E-state index contributed by atoms with van der Waals surface area (Å²) in [6.45, 7) is 11.0. The van der Waals surface area contributed by atoms with Gasteiger partial charge in [0.15, 0.2) is 0 Å². The number of nitrogens with one attached hydrogen (secondary N) is 1. The van der Waals surface area contributed by atoms with Crippen LogP contribution < -0.4 is 26.0 Å². The number of nitrogens with zero attached hydrogens (tertiary/aromatic N) is 2. The summed E-state index contributed by atoms with van der Waals surface area (Å²) in [4.78, 5) is 8.27. The van der Waals surface area contributed by atoms with Crippen molar-refractivity contribution in [3.05, 3.63) is 74.6 Å². The van der Waals surface area contributed by atoms with E-state index in [1.165, 1.54) is 17.0 Å². The number of fused-ring (bicyclic) bond motifs is 1. The van der Waals surface area contributed by atoms with Crippen LogP contribution in [0.5, 0.6) is 5.75 Å². The van der Waals surface area contributed by atoms with Gasteiger partial charge < -0.3 is 14.3 Å². The van der Waals surface area contributed by atoms with Crippen LogP contribution in [0.3, 0.4) is 0 Å². The Balaban J connectivity index is 1.95. The van der Waals surface area contributed by atoms with Crippen molar-refractivity contribution in [2.24, 2.45) is 4.99 Å². The number of aromatic amines is 1. The minimum atomic E-state index is -0.00219. The summed E-state index contributed by atoms with van der Waals surface area (Å²) in [6.07, 6.45) is 4.29. The first kappa shape index (κ1) is 18.4. The maximum absolute atomic E-state index is 5.67. The Labute approximate surface area is 165 Å². The maximum Gasteiger partial charge on any atom is 0.144 e. The fraction of sp³-hybridized carbons (Fsp3) is 0.292. The molecule has 4 heteroatoms. The van der Waals surface area contributed by atoms with Crippen molar-refractivity contribution in [2.45, 2.75) is 40.2 Å². The molecule has 0 spiro atoms. The number of hydrogen-bond donors (Lipinski definition) is 1. The molecule has 0 unspecified atom stereocenters. The second-order valence-electron chi connectivity index (χ2n) is 8.37. The molecule has 1 aliphatic rings. The monoisotopic (exact) mass is 373 g/mol. The van der Waals surface area contributed by atoms with Gasteiger partial charge in [0, 0.05) is 28.2 Å². The third-order valence-electron chi connectivity index (χ3n) is 5.15. The third kappa shape index (κ3) is 3.09. The van der Waals surface area contributed by atoms with Crippen molar-refractivity contribution in [1.82, 2.24) is 9.55 Å². The summed E-state index contributed by atoms with van der Waals surface area (Å²) in [7, 11) is 1.71. The molecule has 4 nitrogen and oxygen atoms in total. The number of hydrogen-bond acceptors (Lipinski definition) is 2. The lowest BCUT2D eigenvalue weighted by Gasteiger charge is -2.26. The highest BCUT2D eigenvalue weighted by atomic mass is 16.5. The quantitative estimate of drug-likeness (QED) is 0.736. The number of aromatic nitrogens is 2. The molecule has 0 atom stereocenters. The highest BCUT2D eigenvalue weighted by Gasteiger charge is 2.19. The van der Waals surface area contributed by atoms with Gasteiger partial charge >= 0.3 is 0 Å². The third-order valence-corrected chi connectivity index (χ3v) is 5.15. The lowest BCUT2D eigenvalue weighted by atomic mass is 10.1. The Kier molecular flexibility index (Phi) is 4.30. The molecule has 0 amide bonds. The van der Waals surface area contributed by atoms with E-state index in [1.54, 1.807) is 7.11 Å². The summed E-state index contributed by atoms with van der Waals surface area (Å²) in [5.74, 6) is 0.820. The molecule has 1 aromatic carbocycles. The molecular formula is C24H27N3O. The van der Waals surface area contributed by atoms with Gasteiger partial charge in [-0.2, -0.15) is 0 Å². The average Bonchev–Trinajstić information content (AvgIpc) is 3.29. The smallest absolute Gasteiger partial charge is 0.144 e. The minimum Gasteiger partial charge on any atom is -0.494 e. The number of benzene rings is 1. The Morgan fingerprint density at radius 3 is 2.54 bits per heavy atom. The van der Waals surface area contributed by atoms with Crippen molar-refractivity contribution in [3.8, 4) is 5.75 Å². The van der Waals surface area contributed by atoms with Crippen LogP contribution in [0.25, 0.3) is 17.8 Å². The van der Waals surface area contributed by atoms with Crippen molar-refractivity contribution in [2.75, 3.05) is 7.11 Å². The summed E-state index contributed by atoms with van der Waals surface area (Å²) in [5.41, 5.74) is 4.63. The summed E-state index contributed by atoms with van der Waals surface area (Å²) in [5, 5.41) is 4.06. The molecule has 3 heterocycles. The molecule has 0 saturated heterocycles. The standard InChI is InChI=1S/C24H27N3O/c1-15-11-16(2)27(24(3,4)5)22(15)13-21-23(28-6)14-20(26-21)19-12-17-9-7-8-10-18(17)25-19/h7-14,26H,1-6H3/b20-19?,21-13-. The number of methoxy groups -OCH3 is 1. The molecule has 4 rings (SSSR count). The van der Waals surface area contributed by atoms with Gasteiger partial charge in [-0.05, 0) is 64.5 Å². The van der Waals surface area contributed by atoms with Crippen molar-refractivity contribution >= 4 is 17.8 Å². The van der Waals surface area contributed by atoms with E-state index >= 15 is 0 Å². The molecule has 0 fully saturated rings. The minimum absolute atomic E-state index is 0.00219. The molecule has 0 radical (unpaired) electrons. The average molecular weight is 374 g/mol. The predicted molar refractivity (Wildman–Crippen MR) is 114 cm³/mol. The first-order chi connectivity index (χ1) is 13.3. The number of para-hydroxylation sites is 1. The second kappa shape index (κ2) is 6.55. The summed E-state index contributed by atoms with van der Waals surface area (Å²) >= 11 is 0. The Morgan fingerprint density at radius 2 is 1.86 bits per heavy atom. The van der Waals surface area contributed by atoms with E-state index in [2.05, 4.69) is 68.5 Å². The van der Waals surface area contributed by atoms with Crippen molar-refractivity contribution in [3.63, 3.8) is 0 Å². The zero-order chi connectivity index (χ0) is 20.1. The SMILES string of the molecule is COc1cc(=C2C=c3ccccc3=N2)[nH]/c1=C\c1c(C)cc(C)n1C(C)(C)C. The molecule has 1 N–H and O–H groups in total. The van der Waals surface area contributed by atoms with Crippen LogP contribution in [-0.4, -0.2) is 16.7 Å². The van der Waals surface area contributed by atoms with E-state index in [9.17, 15) is 0 Å². The van der Waals surface area contributed by atoms with Crippen LogP contribution in [0.1, 0.15) is 37.7 Å². The van der Waals surface area contributed by atoms with E-state index in [0.717, 1.165) is 32.7 Å². The molecule has 0 saturated carbocycles. The van der Waals surface area contributed by atoms with Gasteiger partial charge in [-0.15, -0.1) is 0 Å². The molecule has 1 aliphatic heterocycles. The van der Waals surface area contributed by atoms with E-state index in [4.69, 9.17) is 9.73 Å². The normalized spacial score (nSPS) is 16.0. The molecule has 28 heavy (non-hydrogen) atoms. The van der Waals surface area contributed by atoms with E-state index < -0.39 is 0 Å². The first-order valence-electron chi connectivity index (χ1n) is 9.62. The number of aryl methyl sites for hydroxylation is 2. The van der Waals surface area contributed by atoms with Gasteiger partial charge in [0.25, 0.3) is 0 Å². The second-order valence-corrected chi connectivity index (χ2v) is 8.37. The topological polar surface area (TPSA) is 42.3 Å². The molecular weight excluding hydrogens is 346 g/mol. The molecule has 144 valence electrons. The van der Waals surface area contributed by atoms with Crippen molar-refractivity contribution in [1.29, 1.82) is 0 Å². The Morgan fingerprint density at radius 1 is 1.11 bits per heavy atom. The van der Waals surface area contributed by atoms with Crippen molar-refractivity contribution < 1.29 is 4.74 Å².